The van der Waals surface area contributed by atoms with Gasteiger partial charge in [0.15, 0.2) is 0 Å². The topological polar surface area (TPSA) is 38.2 Å². The maximum atomic E-state index is 5.51. The van der Waals surface area contributed by atoms with Crippen molar-refractivity contribution in [3.63, 3.8) is 0 Å². The lowest BCUT2D eigenvalue weighted by Gasteiger charge is -2.28. The van der Waals surface area contributed by atoms with Gasteiger partial charge in [-0.25, -0.2) is 0 Å². The highest BCUT2D eigenvalue weighted by atomic mass is 16.5. The molecular weight excluding hydrogens is 298 g/mol. The van der Waals surface area contributed by atoms with Crippen LogP contribution in [0.5, 0.6) is 5.75 Å². The van der Waals surface area contributed by atoms with E-state index in [0.29, 0.717) is 6.61 Å². The molecule has 0 aliphatic carbocycles. The number of ether oxygens (including phenoxy) is 1. The number of benzene rings is 1. The molecule has 0 fully saturated rings. The smallest absolute Gasteiger partial charge is 0.119 e. The van der Waals surface area contributed by atoms with Crippen molar-refractivity contribution in [1.29, 1.82) is 0 Å². The number of hydrogen-bond donors (Lipinski definition) is 0. The summed E-state index contributed by atoms with van der Waals surface area (Å²) in [6, 6.07) is 12.7. The standard InChI is InChI=1S/C20H21N3O/c1-2-24-18-5-3-15(4-6-18)13-23-10-8-20-17(14-23)11-16-12-21-9-7-19(16)22-20/h3-7,9,11-12H,2,8,10,13-14H2,1H3. The molecule has 2 aromatic heterocycles. The fraction of sp³-hybridized carbons (Fsp3) is 0.300. The van der Waals surface area contributed by atoms with Crippen molar-refractivity contribution in [1.82, 2.24) is 14.9 Å². The van der Waals surface area contributed by atoms with E-state index in [1.807, 2.05) is 25.4 Å². The Kier molecular flexibility index (Phi) is 4.13. The lowest BCUT2D eigenvalue weighted by Crippen LogP contribution is -2.30. The minimum absolute atomic E-state index is 0.706. The Morgan fingerprint density at radius 1 is 1.17 bits per heavy atom. The Labute approximate surface area is 142 Å². The summed E-state index contributed by atoms with van der Waals surface area (Å²) in [4.78, 5) is 11.5. The second-order valence-corrected chi connectivity index (χ2v) is 6.20. The van der Waals surface area contributed by atoms with Crippen LogP contribution in [0.3, 0.4) is 0 Å². The van der Waals surface area contributed by atoms with Gasteiger partial charge in [0.2, 0.25) is 0 Å². The number of hydrogen-bond acceptors (Lipinski definition) is 4. The van der Waals surface area contributed by atoms with Gasteiger partial charge in [-0.2, -0.15) is 0 Å². The van der Waals surface area contributed by atoms with Crippen LogP contribution in [0.4, 0.5) is 0 Å². The van der Waals surface area contributed by atoms with Crippen molar-refractivity contribution in [2.24, 2.45) is 0 Å². The molecule has 0 amide bonds. The van der Waals surface area contributed by atoms with Crippen molar-refractivity contribution >= 4 is 10.9 Å². The highest BCUT2D eigenvalue weighted by molar-refractivity contribution is 5.78. The largest absolute Gasteiger partial charge is 0.494 e. The van der Waals surface area contributed by atoms with E-state index in [1.165, 1.54) is 16.8 Å². The normalized spacial score (nSPS) is 14.5. The molecule has 0 atom stereocenters. The molecule has 3 heterocycles. The molecule has 0 spiro atoms. The molecule has 0 bridgehead atoms. The highest BCUT2D eigenvalue weighted by Crippen LogP contribution is 2.23. The number of pyridine rings is 2. The van der Waals surface area contributed by atoms with Gasteiger partial charge in [0, 0.05) is 49.5 Å². The molecule has 1 aliphatic heterocycles. The van der Waals surface area contributed by atoms with Crippen LogP contribution in [0.1, 0.15) is 23.7 Å². The monoisotopic (exact) mass is 319 g/mol. The van der Waals surface area contributed by atoms with E-state index in [2.05, 4.69) is 40.2 Å². The number of fused-ring (bicyclic) bond motifs is 2. The molecule has 0 unspecified atom stereocenters. The van der Waals surface area contributed by atoms with Gasteiger partial charge in [-0.15, -0.1) is 0 Å². The zero-order chi connectivity index (χ0) is 16.4. The fourth-order valence-electron chi connectivity index (χ4n) is 3.29. The van der Waals surface area contributed by atoms with Gasteiger partial charge in [-0.1, -0.05) is 12.1 Å². The minimum atomic E-state index is 0.706. The summed E-state index contributed by atoms with van der Waals surface area (Å²) in [6.45, 7) is 5.66. The van der Waals surface area contributed by atoms with Gasteiger partial charge >= 0.3 is 0 Å². The van der Waals surface area contributed by atoms with Crippen LogP contribution in [0, 0.1) is 0 Å². The van der Waals surface area contributed by atoms with Crippen LogP contribution >= 0.6 is 0 Å². The van der Waals surface area contributed by atoms with E-state index in [9.17, 15) is 0 Å². The molecule has 0 N–H and O–H groups in total. The third kappa shape index (κ3) is 3.10. The molecule has 1 aromatic carbocycles. The summed E-state index contributed by atoms with van der Waals surface area (Å²) < 4.78 is 5.51. The van der Waals surface area contributed by atoms with Gasteiger partial charge in [0.05, 0.1) is 12.1 Å². The Hall–Kier alpha value is -2.46. The highest BCUT2D eigenvalue weighted by Gasteiger charge is 2.18. The molecule has 4 rings (SSSR count). The van der Waals surface area contributed by atoms with Gasteiger partial charge in [0.1, 0.15) is 5.75 Å². The molecule has 1 aliphatic rings. The molecule has 122 valence electrons. The molecule has 24 heavy (non-hydrogen) atoms. The second kappa shape index (κ2) is 6.57. The first-order valence-electron chi connectivity index (χ1n) is 8.48. The van der Waals surface area contributed by atoms with E-state index in [1.54, 1.807) is 0 Å². The van der Waals surface area contributed by atoms with Crippen LogP contribution in [0.15, 0.2) is 48.8 Å². The first-order valence-corrected chi connectivity index (χ1v) is 8.48. The van der Waals surface area contributed by atoms with E-state index < -0.39 is 0 Å². The summed E-state index contributed by atoms with van der Waals surface area (Å²) >= 11 is 0. The summed E-state index contributed by atoms with van der Waals surface area (Å²) in [5, 5.41) is 1.12. The quantitative estimate of drug-likeness (QED) is 0.736. The summed E-state index contributed by atoms with van der Waals surface area (Å²) in [7, 11) is 0. The van der Waals surface area contributed by atoms with Gasteiger partial charge in [0.25, 0.3) is 0 Å². The third-order valence-electron chi connectivity index (χ3n) is 4.48. The molecule has 3 aromatic rings. The predicted molar refractivity (Wildman–Crippen MR) is 95.0 cm³/mol. The van der Waals surface area contributed by atoms with Crippen molar-refractivity contribution in [3.8, 4) is 5.75 Å². The van der Waals surface area contributed by atoms with Gasteiger partial charge in [-0.3, -0.25) is 14.9 Å². The second-order valence-electron chi connectivity index (χ2n) is 6.20. The van der Waals surface area contributed by atoms with Crippen LogP contribution in [0.2, 0.25) is 0 Å². The Bertz CT molecular complexity index is 845. The molecule has 0 saturated carbocycles. The lowest BCUT2D eigenvalue weighted by atomic mass is 10.0. The van der Waals surface area contributed by atoms with Crippen LogP contribution in [0.25, 0.3) is 10.9 Å². The van der Waals surface area contributed by atoms with Gasteiger partial charge < -0.3 is 4.74 Å². The number of aromatic nitrogens is 2. The average Bonchev–Trinajstić information content (AvgIpc) is 2.62. The summed E-state index contributed by atoms with van der Waals surface area (Å²) in [5.74, 6) is 0.938. The van der Waals surface area contributed by atoms with Gasteiger partial charge in [-0.05, 0) is 42.3 Å². The molecule has 4 heteroatoms. The fourth-order valence-corrected chi connectivity index (χ4v) is 3.29. The van der Waals surface area contributed by atoms with Crippen LogP contribution < -0.4 is 4.74 Å². The molecule has 0 radical (unpaired) electrons. The zero-order valence-corrected chi connectivity index (χ0v) is 13.9. The lowest BCUT2D eigenvalue weighted by molar-refractivity contribution is 0.243. The van der Waals surface area contributed by atoms with Crippen molar-refractivity contribution in [2.45, 2.75) is 26.4 Å². The van der Waals surface area contributed by atoms with Crippen molar-refractivity contribution < 1.29 is 4.74 Å². The predicted octanol–water partition coefficient (Wildman–Crippen LogP) is 3.59. The van der Waals surface area contributed by atoms with E-state index >= 15 is 0 Å². The Balaban J connectivity index is 1.50. The number of rotatable bonds is 4. The minimum Gasteiger partial charge on any atom is -0.494 e. The third-order valence-corrected chi connectivity index (χ3v) is 4.48. The average molecular weight is 319 g/mol. The van der Waals surface area contributed by atoms with Crippen molar-refractivity contribution in [2.75, 3.05) is 13.2 Å². The maximum absolute atomic E-state index is 5.51. The Morgan fingerprint density at radius 2 is 2.04 bits per heavy atom. The first-order chi connectivity index (χ1) is 11.8. The summed E-state index contributed by atoms with van der Waals surface area (Å²) in [6.07, 6.45) is 4.71. The molecule has 4 nitrogen and oxygen atoms in total. The maximum Gasteiger partial charge on any atom is 0.119 e. The zero-order valence-electron chi connectivity index (χ0n) is 13.9. The van der Waals surface area contributed by atoms with Crippen LogP contribution in [-0.4, -0.2) is 28.0 Å². The molecule has 0 saturated heterocycles. The Morgan fingerprint density at radius 3 is 2.88 bits per heavy atom. The van der Waals surface area contributed by atoms with Crippen LogP contribution in [-0.2, 0) is 19.5 Å². The first kappa shape index (κ1) is 15.1. The molecular formula is C20H21N3O. The van der Waals surface area contributed by atoms with E-state index in [-0.39, 0.29) is 0 Å². The van der Waals surface area contributed by atoms with E-state index in [4.69, 9.17) is 9.72 Å². The number of nitrogens with zero attached hydrogens (tertiary/aromatic N) is 3. The van der Waals surface area contributed by atoms with E-state index in [0.717, 1.165) is 42.7 Å². The SMILES string of the molecule is CCOc1ccc(CN2CCc3nc4ccncc4cc3C2)cc1. The summed E-state index contributed by atoms with van der Waals surface area (Å²) in [5.41, 5.74) is 4.92. The van der Waals surface area contributed by atoms with Crippen molar-refractivity contribution in [3.05, 3.63) is 65.6 Å².